The smallest absolute Gasteiger partial charge is 0.199 e. The van der Waals surface area contributed by atoms with Crippen LogP contribution in [0.4, 0.5) is 8.78 Å². The van der Waals surface area contributed by atoms with Crippen molar-refractivity contribution in [2.24, 2.45) is 4.99 Å². The number of hydrogen-bond acceptors (Lipinski definition) is 7. The zero-order valence-electron chi connectivity index (χ0n) is 29.3. The van der Waals surface area contributed by atoms with Crippen LogP contribution in [0.2, 0.25) is 0 Å². The molecule has 47 heavy (non-hydrogen) atoms. The van der Waals surface area contributed by atoms with Crippen LogP contribution < -0.4 is 20.1 Å². The van der Waals surface area contributed by atoms with Crippen LogP contribution in [-0.4, -0.2) is 101 Å². The van der Waals surface area contributed by atoms with Crippen molar-refractivity contribution in [3.8, 4) is 11.5 Å². The van der Waals surface area contributed by atoms with Crippen molar-refractivity contribution < 1.29 is 23.0 Å². The van der Waals surface area contributed by atoms with Crippen LogP contribution in [0.1, 0.15) is 57.4 Å². The topological polar surface area (TPSA) is 73.8 Å². The third-order valence-electron chi connectivity index (χ3n) is 9.74. The highest BCUT2D eigenvalue weighted by Crippen LogP contribution is 2.33. The molecule has 4 rings (SSSR count). The van der Waals surface area contributed by atoms with Gasteiger partial charge in [0.1, 0.15) is 5.76 Å². The molecule has 11 heteroatoms. The van der Waals surface area contributed by atoms with E-state index in [0.717, 1.165) is 48.7 Å². The highest BCUT2D eigenvalue weighted by molar-refractivity contribution is 5.82. The molecule has 0 spiro atoms. The number of rotatable bonds is 12. The second-order valence-corrected chi connectivity index (χ2v) is 12.5. The van der Waals surface area contributed by atoms with Crippen molar-refractivity contribution in [2.45, 2.75) is 70.4 Å². The Bertz CT molecular complexity index is 1330. The number of likely N-dealkylation sites (tertiary alicyclic amines) is 2. The molecule has 0 atom stereocenters. The molecule has 2 saturated heterocycles. The van der Waals surface area contributed by atoms with Crippen LogP contribution in [0.25, 0.3) is 0 Å². The fraction of sp³-hybridized carbons (Fsp3) is 0.583. The molecule has 0 saturated carbocycles. The lowest BCUT2D eigenvalue weighted by Gasteiger charge is -2.43. The number of allylic oxidation sites excluding steroid dienone is 4. The standard InChI is InChI=1S/C36H54F2N6O3/c1-8-25(12-13-29-34(37)32(46-6)23-33(47-7)35(29)38)24-40-36(39-2)41-26-10-9-11-30(31(22-26)45-5)44-20-16-28(17-21-44)43(4)27-14-18-42(3)19-15-27/h9,11,22-24,27-28H,8,10,12-21H2,1-7H3,(H2,39,40,41)/b25-24+. The van der Waals surface area contributed by atoms with Gasteiger partial charge >= 0.3 is 0 Å². The number of guanidine groups is 1. The maximum absolute atomic E-state index is 14.9. The summed E-state index contributed by atoms with van der Waals surface area (Å²) >= 11 is 0. The lowest BCUT2D eigenvalue weighted by atomic mass is 9.97. The van der Waals surface area contributed by atoms with Crippen molar-refractivity contribution in [2.75, 3.05) is 68.7 Å². The summed E-state index contributed by atoms with van der Waals surface area (Å²) in [6.45, 7) is 6.36. The molecule has 0 amide bonds. The second-order valence-electron chi connectivity index (χ2n) is 12.5. The van der Waals surface area contributed by atoms with Gasteiger partial charge in [-0.3, -0.25) is 0 Å². The minimum Gasteiger partial charge on any atom is -0.495 e. The number of halogens is 2. The zero-order chi connectivity index (χ0) is 33.9. The molecule has 9 nitrogen and oxygen atoms in total. The summed E-state index contributed by atoms with van der Waals surface area (Å²) in [6.07, 6.45) is 14.9. The van der Waals surface area contributed by atoms with Crippen LogP contribution in [0.3, 0.4) is 0 Å². The van der Waals surface area contributed by atoms with Gasteiger partial charge in [0.25, 0.3) is 0 Å². The van der Waals surface area contributed by atoms with E-state index in [1.165, 1.54) is 46.2 Å². The van der Waals surface area contributed by atoms with Crippen LogP contribution in [0, 0.1) is 11.6 Å². The minimum absolute atomic E-state index is 0.0431. The molecule has 2 fully saturated rings. The molecular formula is C36H54F2N6O3. The Morgan fingerprint density at radius 2 is 1.62 bits per heavy atom. The number of piperidine rings is 2. The first-order valence-corrected chi connectivity index (χ1v) is 16.8. The first kappa shape index (κ1) is 36.3. The fourth-order valence-corrected chi connectivity index (χ4v) is 6.64. The maximum Gasteiger partial charge on any atom is 0.199 e. The van der Waals surface area contributed by atoms with Gasteiger partial charge in [0.05, 0.1) is 27.0 Å². The van der Waals surface area contributed by atoms with Crippen molar-refractivity contribution in [1.29, 1.82) is 0 Å². The summed E-state index contributed by atoms with van der Waals surface area (Å²) in [5.74, 6) is -0.117. The summed E-state index contributed by atoms with van der Waals surface area (Å²) in [5, 5.41) is 6.53. The number of aliphatic imine (C=N–C) groups is 1. The van der Waals surface area contributed by atoms with Crippen LogP contribution in [-0.2, 0) is 11.2 Å². The van der Waals surface area contributed by atoms with Crippen molar-refractivity contribution in [1.82, 2.24) is 25.3 Å². The molecule has 1 aliphatic carbocycles. The minimum atomic E-state index is -0.707. The van der Waals surface area contributed by atoms with E-state index in [-0.39, 0.29) is 23.5 Å². The monoisotopic (exact) mass is 656 g/mol. The second kappa shape index (κ2) is 17.5. The van der Waals surface area contributed by atoms with E-state index >= 15 is 0 Å². The van der Waals surface area contributed by atoms with E-state index in [9.17, 15) is 8.78 Å². The molecule has 2 N–H and O–H groups in total. The van der Waals surface area contributed by atoms with Gasteiger partial charge < -0.3 is 39.5 Å². The Hall–Kier alpha value is -3.57. The van der Waals surface area contributed by atoms with Crippen LogP contribution in [0.15, 0.2) is 58.2 Å². The summed E-state index contributed by atoms with van der Waals surface area (Å²) in [5.41, 5.74) is 2.93. The van der Waals surface area contributed by atoms with E-state index in [1.807, 2.05) is 13.0 Å². The van der Waals surface area contributed by atoms with Crippen molar-refractivity contribution >= 4 is 5.96 Å². The molecule has 0 aromatic heterocycles. The van der Waals surface area contributed by atoms with Gasteiger partial charge in [-0.15, -0.1) is 0 Å². The lowest BCUT2D eigenvalue weighted by Crippen LogP contribution is -2.50. The molecular weight excluding hydrogens is 602 g/mol. The van der Waals surface area contributed by atoms with Gasteiger partial charge in [0.2, 0.25) is 0 Å². The normalized spacial score (nSPS) is 19.2. The molecule has 0 bridgehead atoms. The fourth-order valence-electron chi connectivity index (χ4n) is 6.64. The summed E-state index contributed by atoms with van der Waals surface area (Å²) in [7, 11) is 10.8. The highest BCUT2D eigenvalue weighted by atomic mass is 19.1. The quantitative estimate of drug-likeness (QED) is 0.224. The van der Waals surface area contributed by atoms with Crippen molar-refractivity contribution in [3.63, 3.8) is 0 Å². The molecule has 1 aromatic carbocycles. The molecule has 2 heterocycles. The van der Waals surface area contributed by atoms with E-state index in [1.54, 1.807) is 20.4 Å². The first-order valence-electron chi connectivity index (χ1n) is 16.8. The van der Waals surface area contributed by atoms with E-state index < -0.39 is 11.6 Å². The average Bonchev–Trinajstić information content (AvgIpc) is 3.31. The summed E-state index contributed by atoms with van der Waals surface area (Å²) in [6, 6.07) is 2.52. The van der Waals surface area contributed by atoms with Gasteiger partial charge in [-0.25, -0.2) is 13.8 Å². The Kier molecular flexibility index (Phi) is 13.5. The molecule has 0 radical (unpaired) electrons. The third-order valence-corrected chi connectivity index (χ3v) is 9.74. The van der Waals surface area contributed by atoms with Crippen LogP contribution >= 0.6 is 0 Å². The maximum atomic E-state index is 14.9. The number of hydrogen-bond donors (Lipinski definition) is 2. The number of ether oxygens (including phenoxy) is 3. The highest BCUT2D eigenvalue weighted by Gasteiger charge is 2.30. The number of nitrogens with one attached hydrogen (secondary N) is 2. The first-order chi connectivity index (χ1) is 22.7. The number of nitrogens with zero attached hydrogens (tertiary/aromatic N) is 4. The van der Waals surface area contributed by atoms with E-state index in [0.29, 0.717) is 37.3 Å². The Morgan fingerprint density at radius 3 is 2.17 bits per heavy atom. The SMILES string of the molecule is CC/C(=C\N=C(/NC)NC1=CC(OC)=C(N2CCC(N(C)C3CCN(C)CC3)CC2)C=CC1)CCc1c(F)c(OC)cc(OC)c1F. The zero-order valence-corrected chi connectivity index (χ0v) is 29.3. The predicted molar refractivity (Wildman–Crippen MR) is 185 cm³/mol. The Morgan fingerprint density at radius 1 is 1.00 bits per heavy atom. The number of methoxy groups -OCH3 is 3. The third kappa shape index (κ3) is 9.28. The van der Waals surface area contributed by atoms with Crippen molar-refractivity contribution in [3.05, 3.63) is 70.4 Å². The lowest BCUT2D eigenvalue weighted by molar-refractivity contribution is 0.0735. The predicted octanol–water partition coefficient (Wildman–Crippen LogP) is 5.57. The Labute approximate surface area is 280 Å². The molecule has 1 aromatic rings. The van der Waals surface area contributed by atoms with E-state index in [2.05, 4.69) is 56.6 Å². The van der Waals surface area contributed by atoms with E-state index in [4.69, 9.17) is 14.2 Å². The van der Waals surface area contributed by atoms with Gasteiger partial charge in [-0.1, -0.05) is 18.6 Å². The Balaban J connectivity index is 1.41. The van der Waals surface area contributed by atoms with Gasteiger partial charge in [0.15, 0.2) is 29.1 Å². The van der Waals surface area contributed by atoms with Crippen LogP contribution in [0.5, 0.6) is 11.5 Å². The van der Waals surface area contributed by atoms with Gasteiger partial charge in [-0.2, -0.15) is 0 Å². The van der Waals surface area contributed by atoms with Gasteiger partial charge in [-0.05, 0) is 78.2 Å². The molecule has 2 aliphatic heterocycles. The number of benzene rings is 1. The largest absolute Gasteiger partial charge is 0.495 e. The molecule has 3 aliphatic rings. The molecule has 260 valence electrons. The summed E-state index contributed by atoms with van der Waals surface area (Å²) < 4.78 is 45.8. The van der Waals surface area contributed by atoms with Gasteiger partial charge in [0, 0.05) is 68.2 Å². The molecule has 0 unspecified atom stereocenters. The average molecular weight is 657 g/mol. The summed E-state index contributed by atoms with van der Waals surface area (Å²) in [4.78, 5) is 12.2.